The molecule has 0 amide bonds. The average molecular weight is 690 g/mol. The van der Waals surface area contributed by atoms with Crippen molar-refractivity contribution in [2.75, 3.05) is 20.7 Å². The molecule has 0 spiro atoms. The third-order valence-corrected chi connectivity index (χ3v) is 9.29. The number of hydrogen-bond acceptors (Lipinski definition) is 11. The molecular formula is C37H71NO10. The van der Waals surface area contributed by atoms with Crippen LogP contribution < -0.4 is 0 Å². The molecule has 0 saturated carbocycles. The highest BCUT2D eigenvalue weighted by molar-refractivity contribution is 5.81. The molecule has 2 fully saturated rings. The van der Waals surface area contributed by atoms with E-state index in [1.807, 2.05) is 41.8 Å². The fourth-order valence-electron chi connectivity index (χ4n) is 6.17. The molecule has 11 unspecified atom stereocenters. The van der Waals surface area contributed by atoms with E-state index in [1.54, 1.807) is 13.8 Å². The first-order valence-electron chi connectivity index (χ1n) is 18.1. The molecule has 2 rings (SSSR count). The molecule has 284 valence electrons. The van der Waals surface area contributed by atoms with E-state index in [-0.39, 0.29) is 48.8 Å². The largest absolute Gasteiger partial charge is 0.459 e. The Bertz CT molecular complexity index is 878. The summed E-state index contributed by atoms with van der Waals surface area (Å²) in [6, 6.07) is 0.466. The predicted molar refractivity (Wildman–Crippen MR) is 188 cm³/mol. The van der Waals surface area contributed by atoms with Crippen LogP contribution in [0.3, 0.4) is 0 Å². The number of nitrogens with zero attached hydrogens (tertiary/aromatic N) is 1. The van der Waals surface area contributed by atoms with Gasteiger partial charge in [0.25, 0.3) is 0 Å². The zero-order valence-corrected chi connectivity index (χ0v) is 31.8. The van der Waals surface area contributed by atoms with Crippen molar-refractivity contribution in [3.63, 3.8) is 0 Å². The fraction of sp³-hybridized carbons (Fsp3) is 0.892. The first-order valence-corrected chi connectivity index (χ1v) is 18.1. The second-order valence-corrected chi connectivity index (χ2v) is 14.1. The van der Waals surface area contributed by atoms with Gasteiger partial charge in [0.2, 0.25) is 0 Å². The van der Waals surface area contributed by atoms with Crippen molar-refractivity contribution >= 4 is 11.8 Å². The standard InChI is InChI=1S/C26H48O7.C8H17NO2.C3H6O/c1-9-18(7)31-23(11-3)33-25-17(6)13-15(4)12-16(5)20(27)14-21(28)24(29)22(10-2)32-26(30)19(25)8;1-6-4-7(9(2)3)5-8(10)11-6;1-2-3-4/h15-19,21-25,28-29H,9-14H2,1-8H3;6-8,10H,4-5H2,1-3H3;2,4H,1,3H2/t15?,16?,17?,18?,19?,21-,22?,23+,24?,25?;;/m1../s1. The van der Waals surface area contributed by atoms with Gasteiger partial charge in [0, 0.05) is 24.8 Å². The molecular weight excluding hydrogens is 618 g/mol. The Morgan fingerprint density at radius 1 is 0.979 bits per heavy atom. The fourth-order valence-corrected chi connectivity index (χ4v) is 6.17. The summed E-state index contributed by atoms with van der Waals surface area (Å²) in [5, 5.41) is 38.1. The van der Waals surface area contributed by atoms with Crippen molar-refractivity contribution < 1.29 is 49.0 Å². The van der Waals surface area contributed by atoms with Gasteiger partial charge in [-0.15, -0.1) is 6.58 Å². The zero-order valence-electron chi connectivity index (χ0n) is 31.8. The van der Waals surface area contributed by atoms with Crippen LogP contribution in [0.1, 0.15) is 114 Å². The Morgan fingerprint density at radius 3 is 2.06 bits per heavy atom. The molecule has 11 heteroatoms. The van der Waals surface area contributed by atoms with Crippen LogP contribution in [-0.4, -0.2) is 113 Å². The molecule has 0 aliphatic carbocycles. The summed E-state index contributed by atoms with van der Waals surface area (Å²) in [5.41, 5.74) is 0. The van der Waals surface area contributed by atoms with E-state index in [0.29, 0.717) is 25.3 Å². The van der Waals surface area contributed by atoms with Gasteiger partial charge in [-0.05, 0) is 85.2 Å². The zero-order chi connectivity index (χ0) is 37.1. The average Bonchev–Trinajstić information content (AvgIpc) is 3.03. The summed E-state index contributed by atoms with van der Waals surface area (Å²) in [4.78, 5) is 27.9. The third-order valence-electron chi connectivity index (χ3n) is 9.29. The molecule has 2 saturated heterocycles. The van der Waals surface area contributed by atoms with Gasteiger partial charge in [0.15, 0.2) is 12.6 Å². The van der Waals surface area contributed by atoms with E-state index in [9.17, 15) is 24.9 Å². The molecule has 4 N–H and O–H groups in total. The summed E-state index contributed by atoms with van der Waals surface area (Å²) >= 11 is 0. The van der Waals surface area contributed by atoms with Gasteiger partial charge in [0.05, 0.1) is 36.9 Å². The van der Waals surface area contributed by atoms with Gasteiger partial charge in [-0.3, -0.25) is 9.59 Å². The van der Waals surface area contributed by atoms with E-state index in [2.05, 4.69) is 32.3 Å². The Hall–Kier alpha value is -1.44. The Morgan fingerprint density at radius 2 is 1.58 bits per heavy atom. The first kappa shape index (κ1) is 46.6. The van der Waals surface area contributed by atoms with E-state index in [4.69, 9.17) is 24.1 Å². The Balaban J connectivity index is 0.00000121. The van der Waals surface area contributed by atoms with Gasteiger partial charge < -0.3 is 44.3 Å². The van der Waals surface area contributed by atoms with Crippen molar-refractivity contribution in [2.45, 2.75) is 169 Å². The Labute approximate surface area is 291 Å². The van der Waals surface area contributed by atoms with E-state index in [1.165, 1.54) is 6.08 Å². The van der Waals surface area contributed by atoms with Crippen LogP contribution in [0.5, 0.6) is 0 Å². The summed E-state index contributed by atoms with van der Waals surface area (Å²) in [5.74, 6) is -1.13. The van der Waals surface area contributed by atoms with Gasteiger partial charge in [-0.25, -0.2) is 0 Å². The number of carbonyl (C=O) groups excluding carboxylic acids is 2. The number of aliphatic hydroxyl groups excluding tert-OH is 4. The second-order valence-electron chi connectivity index (χ2n) is 14.1. The highest BCUT2D eigenvalue weighted by Crippen LogP contribution is 2.31. The monoisotopic (exact) mass is 690 g/mol. The topological polar surface area (TPSA) is 155 Å². The summed E-state index contributed by atoms with van der Waals surface area (Å²) in [6.07, 6.45) is 1.62. The smallest absolute Gasteiger partial charge is 0.311 e. The quantitative estimate of drug-likeness (QED) is 0.149. The molecule has 2 aliphatic rings. The summed E-state index contributed by atoms with van der Waals surface area (Å²) in [6.45, 7) is 20.9. The summed E-state index contributed by atoms with van der Waals surface area (Å²) in [7, 11) is 4.07. The molecule has 2 heterocycles. The summed E-state index contributed by atoms with van der Waals surface area (Å²) < 4.78 is 23.2. The lowest BCUT2D eigenvalue weighted by Gasteiger charge is -2.35. The highest BCUT2D eigenvalue weighted by Gasteiger charge is 2.38. The molecule has 0 aromatic heterocycles. The second kappa shape index (κ2) is 24.7. The molecule has 2 aliphatic heterocycles. The van der Waals surface area contributed by atoms with Gasteiger partial charge in [-0.2, -0.15) is 0 Å². The van der Waals surface area contributed by atoms with Crippen LogP contribution in [0, 0.1) is 23.7 Å². The highest BCUT2D eigenvalue weighted by atomic mass is 16.7. The molecule has 0 radical (unpaired) electrons. The number of rotatable bonds is 9. The minimum Gasteiger partial charge on any atom is -0.459 e. The molecule has 0 bridgehead atoms. The van der Waals surface area contributed by atoms with Gasteiger partial charge in [-0.1, -0.05) is 47.6 Å². The minimum absolute atomic E-state index is 0.0259. The van der Waals surface area contributed by atoms with Crippen LogP contribution in [0.2, 0.25) is 0 Å². The molecule has 11 nitrogen and oxygen atoms in total. The maximum absolute atomic E-state index is 13.1. The molecule has 0 aromatic carbocycles. The van der Waals surface area contributed by atoms with Crippen molar-refractivity contribution in [1.29, 1.82) is 0 Å². The van der Waals surface area contributed by atoms with Crippen LogP contribution in [0.15, 0.2) is 12.7 Å². The van der Waals surface area contributed by atoms with Crippen molar-refractivity contribution in [3.8, 4) is 0 Å². The van der Waals surface area contributed by atoms with Crippen LogP contribution >= 0.6 is 0 Å². The number of esters is 1. The number of aliphatic hydroxyl groups is 4. The lowest BCUT2D eigenvalue weighted by atomic mass is 9.81. The molecule has 13 atom stereocenters. The minimum atomic E-state index is -1.32. The SMILES string of the molecule is C=CCO.CC1CC(N(C)C)CC(O)O1.CCC(C)O[C@H](CC)OC1C(C)CC(C)CC(C)C(=O)C[C@@H](O)C(O)C(CC)OC(=O)C1C. The normalized spacial score (nSPS) is 35.1. The van der Waals surface area contributed by atoms with E-state index in [0.717, 1.165) is 25.7 Å². The maximum atomic E-state index is 13.1. The number of ether oxygens (including phenoxy) is 4. The third kappa shape index (κ3) is 17.5. The van der Waals surface area contributed by atoms with Crippen LogP contribution in [0.4, 0.5) is 0 Å². The predicted octanol–water partition coefficient (Wildman–Crippen LogP) is 4.86. The number of hydrogen-bond donors (Lipinski definition) is 4. The number of carbonyl (C=O) groups is 2. The van der Waals surface area contributed by atoms with Gasteiger partial charge in [0.1, 0.15) is 18.0 Å². The van der Waals surface area contributed by atoms with Crippen LogP contribution in [-0.2, 0) is 28.5 Å². The van der Waals surface area contributed by atoms with E-state index >= 15 is 0 Å². The number of Topliss-reactive ketones (excluding diaryl/α,β-unsaturated/α-hetero) is 1. The first-order chi connectivity index (χ1) is 22.4. The Kier molecular flexibility index (Phi) is 23.9. The lowest BCUT2D eigenvalue weighted by molar-refractivity contribution is -0.218. The van der Waals surface area contributed by atoms with Crippen molar-refractivity contribution in [3.05, 3.63) is 12.7 Å². The molecule has 0 aromatic rings. The van der Waals surface area contributed by atoms with Crippen LogP contribution in [0.25, 0.3) is 0 Å². The maximum Gasteiger partial charge on any atom is 0.311 e. The number of cyclic esters (lactones) is 1. The van der Waals surface area contributed by atoms with E-state index < -0.39 is 48.9 Å². The van der Waals surface area contributed by atoms with Crippen molar-refractivity contribution in [2.24, 2.45) is 23.7 Å². The number of ketones is 1. The van der Waals surface area contributed by atoms with Crippen molar-refractivity contribution in [1.82, 2.24) is 4.90 Å². The lowest BCUT2D eigenvalue weighted by Crippen LogP contribution is -2.45. The van der Waals surface area contributed by atoms with Gasteiger partial charge >= 0.3 is 5.97 Å². The molecule has 48 heavy (non-hydrogen) atoms.